The predicted octanol–water partition coefficient (Wildman–Crippen LogP) is 2.74. The van der Waals surface area contributed by atoms with E-state index < -0.39 is 0 Å². The summed E-state index contributed by atoms with van der Waals surface area (Å²) < 4.78 is 2.85. The second-order valence-electron chi connectivity index (χ2n) is 3.55. The van der Waals surface area contributed by atoms with E-state index in [4.69, 9.17) is 0 Å². The molecule has 0 fully saturated rings. The molecule has 0 aliphatic carbocycles. The van der Waals surface area contributed by atoms with Crippen LogP contribution in [0, 0.1) is 0 Å². The van der Waals surface area contributed by atoms with Crippen LogP contribution in [0.2, 0.25) is 0 Å². The fraction of sp³-hybridized carbons (Fsp3) is 0.250. The molecule has 1 heterocycles. The van der Waals surface area contributed by atoms with Crippen molar-refractivity contribution in [1.29, 1.82) is 0 Å². The molecule has 3 nitrogen and oxygen atoms in total. The Kier molecular flexibility index (Phi) is 3.74. The number of hydrogen-bond acceptors (Lipinski definition) is 2. The fourth-order valence-electron chi connectivity index (χ4n) is 1.52. The van der Waals surface area contributed by atoms with Gasteiger partial charge in [-0.25, -0.2) is 4.68 Å². The van der Waals surface area contributed by atoms with Gasteiger partial charge in [-0.1, -0.05) is 19.1 Å². The van der Waals surface area contributed by atoms with Crippen LogP contribution in [-0.2, 0) is 6.54 Å². The lowest BCUT2D eigenvalue weighted by molar-refractivity contribution is 0.725. The van der Waals surface area contributed by atoms with Gasteiger partial charge in [0.1, 0.15) is 0 Å². The largest absolute Gasteiger partial charge is 0.313 e. The summed E-state index contributed by atoms with van der Waals surface area (Å²) in [4.78, 5) is 0. The molecule has 0 atom stereocenters. The molecule has 1 N–H and O–H groups in total. The van der Waals surface area contributed by atoms with Crippen LogP contribution in [-0.4, -0.2) is 16.3 Å². The van der Waals surface area contributed by atoms with Crippen LogP contribution < -0.4 is 5.32 Å². The number of aromatic nitrogens is 2. The summed E-state index contributed by atoms with van der Waals surface area (Å²) >= 11 is 3.39. The maximum absolute atomic E-state index is 4.26. The molecule has 0 aliphatic heterocycles. The zero-order valence-corrected chi connectivity index (χ0v) is 10.7. The van der Waals surface area contributed by atoms with Gasteiger partial charge in [-0.2, -0.15) is 5.10 Å². The Labute approximate surface area is 104 Å². The van der Waals surface area contributed by atoms with Crippen LogP contribution in [0.3, 0.4) is 0 Å². The summed E-state index contributed by atoms with van der Waals surface area (Å²) in [6.45, 7) is 3.98. The first kappa shape index (κ1) is 11.4. The molecule has 0 spiro atoms. The summed E-state index contributed by atoms with van der Waals surface area (Å²) in [6.07, 6.45) is 3.74. The molecule has 2 aromatic rings. The van der Waals surface area contributed by atoms with Crippen molar-refractivity contribution in [2.24, 2.45) is 0 Å². The van der Waals surface area contributed by atoms with Gasteiger partial charge < -0.3 is 5.32 Å². The zero-order valence-electron chi connectivity index (χ0n) is 9.15. The van der Waals surface area contributed by atoms with Crippen LogP contribution in [0.25, 0.3) is 5.69 Å². The van der Waals surface area contributed by atoms with Gasteiger partial charge in [0.15, 0.2) is 0 Å². The van der Waals surface area contributed by atoms with Crippen molar-refractivity contribution in [2.75, 3.05) is 6.54 Å². The number of rotatable bonds is 4. The monoisotopic (exact) mass is 279 g/mol. The minimum atomic E-state index is 0.896. The molecule has 2 rings (SSSR count). The molecule has 16 heavy (non-hydrogen) atoms. The highest BCUT2D eigenvalue weighted by Gasteiger charge is 1.99. The molecule has 0 saturated carbocycles. The fourth-order valence-corrected chi connectivity index (χ4v) is 1.81. The van der Waals surface area contributed by atoms with E-state index in [-0.39, 0.29) is 0 Å². The van der Waals surface area contributed by atoms with E-state index in [1.54, 1.807) is 6.20 Å². The van der Waals surface area contributed by atoms with Gasteiger partial charge in [-0.15, -0.1) is 0 Å². The molecule has 1 aromatic heterocycles. The predicted molar refractivity (Wildman–Crippen MR) is 68.6 cm³/mol. The van der Waals surface area contributed by atoms with E-state index in [0.717, 1.165) is 23.2 Å². The van der Waals surface area contributed by atoms with Crippen LogP contribution in [0.5, 0.6) is 0 Å². The number of nitrogens with one attached hydrogen (secondary N) is 1. The van der Waals surface area contributed by atoms with Crippen molar-refractivity contribution >= 4 is 15.9 Å². The molecule has 0 amide bonds. The zero-order chi connectivity index (χ0) is 11.4. The number of hydrogen-bond donors (Lipinski definition) is 1. The third-order valence-electron chi connectivity index (χ3n) is 2.31. The molecule has 0 bridgehead atoms. The van der Waals surface area contributed by atoms with E-state index >= 15 is 0 Å². The maximum Gasteiger partial charge on any atom is 0.0649 e. The lowest BCUT2D eigenvalue weighted by atomic mass is 10.2. The minimum Gasteiger partial charge on any atom is -0.313 e. The smallest absolute Gasteiger partial charge is 0.0649 e. The average molecular weight is 280 g/mol. The first-order valence-electron chi connectivity index (χ1n) is 5.30. The molecule has 0 saturated heterocycles. The van der Waals surface area contributed by atoms with Gasteiger partial charge in [-0.3, -0.25) is 0 Å². The Morgan fingerprint density at radius 3 is 3.00 bits per heavy atom. The Balaban J connectivity index is 2.22. The molecular formula is C12H14BrN3. The standard InChI is InChI=1S/C12H14BrN3/c1-2-14-7-10-4-3-5-12(6-10)16-9-11(13)8-15-16/h3-6,8-9,14H,2,7H2,1H3. The third kappa shape index (κ3) is 2.71. The maximum atomic E-state index is 4.26. The van der Waals surface area contributed by atoms with Crippen molar-refractivity contribution in [3.8, 4) is 5.69 Å². The van der Waals surface area contributed by atoms with Crippen LogP contribution in [0.15, 0.2) is 41.1 Å². The van der Waals surface area contributed by atoms with E-state index in [1.165, 1.54) is 5.56 Å². The van der Waals surface area contributed by atoms with Crippen LogP contribution >= 0.6 is 15.9 Å². The lowest BCUT2D eigenvalue weighted by Crippen LogP contribution is -2.11. The summed E-state index contributed by atoms with van der Waals surface area (Å²) in [5.74, 6) is 0. The molecule has 4 heteroatoms. The summed E-state index contributed by atoms with van der Waals surface area (Å²) in [6, 6.07) is 8.36. The van der Waals surface area contributed by atoms with Crippen molar-refractivity contribution in [3.05, 3.63) is 46.7 Å². The van der Waals surface area contributed by atoms with Gasteiger partial charge in [0.2, 0.25) is 0 Å². The highest BCUT2D eigenvalue weighted by atomic mass is 79.9. The molecule has 0 unspecified atom stereocenters. The second kappa shape index (κ2) is 5.27. The van der Waals surface area contributed by atoms with Gasteiger partial charge >= 0.3 is 0 Å². The van der Waals surface area contributed by atoms with Gasteiger partial charge in [-0.05, 0) is 40.2 Å². The van der Waals surface area contributed by atoms with E-state index in [1.807, 2.05) is 10.9 Å². The Bertz CT molecular complexity index is 465. The first-order valence-corrected chi connectivity index (χ1v) is 6.09. The van der Waals surface area contributed by atoms with Crippen LogP contribution in [0.4, 0.5) is 0 Å². The van der Waals surface area contributed by atoms with Crippen molar-refractivity contribution in [3.63, 3.8) is 0 Å². The Morgan fingerprint density at radius 2 is 2.31 bits per heavy atom. The highest BCUT2D eigenvalue weighted by molar-refractivity contribution is 9.10. The quantitative estimate of drug-likeness (QED) is 0.933. The molecule has 1 aromatic carbocycles. The Morgan fingerprint density at radius 1 is 1.44 bits per heavy atom. The summed E-state index contributed by atoms with van der Waals surface area (Å²) in [5.41, 5.74) is 2.35. The minimum absolute atomic E-state index is 0.896. The normalized spacial score (nSPS) is 10.6. The van der Waals surface area contributed by atoms with Gasteiger partial charge in [0.25, 0.3) is 0 Å². The van der Waals surface area contributed by atoms with Crippen LogP contribution in [0.1, 0.15) is 12.5 Å². The topological polar surface area (TPSA) is 29.9 Å². The average Bonchev–Trinajstić information content (AvgIpc) is 2.74. The van der Waals surface area contributed by atoms with Gasteiger partial charge in [0, 0.05) is 12.7 Å². The molecule has 0 aliphatic rings. The number of nitrogens with zero attached hydrogens (tertiary/aromatic N) is 2. The molecule has 0 radical (unpaired) electrons. The van der Waals surface area contributed by atoms with Crippen molar-refractivity contribution < 1.29 is 0 Å². The summed E-state index contributed by atoms with van der Waals surface area (Å²) in [5, 5.41) is 7.57. The molecular weight excluding hydrogens is 266 g/mol. The lowest BCUT2D eigenvalue weighted by Gasteiger charge is -2.05. The van der Waals surface area contributed by atoms with Crippen molar-refractivity contribution in [2.45, 2.75) is 13.5 Å². The van der Waals surface area contributed by atoms with E-state index in [0.29, 0.717) is 0 Å². The number of halogens is 1. The van der Waals surface area contributed by atoms with Gasteiger partial charge in [0.05, 0.1) is 16.4 Å². The van der Waals surface area contributed by atoms with Crippen molar-refractivity contribution in [1.82, 2.24) is 15.1 Å². The van der Waals surface area contributed by atoms with E-state index in [2.05, 4.69) is 57.5 Å². The SMILES string of the molecule is CCNCc1cccc(-n2cc(Br)cn2)c1. The Hall–Kier alpha value is -1.13. The first-order chi connectivity index (χ1) is 7.79. The van der Waals surface area contributed by atoms with E-state index in [9.17, 15) is 0 Å². The highest BCUT2D eigenvalue weighted by Crippen LogP contribution is 2.13. The second-order valence-corrected chi connectivity index (χ2v) is 4.47. The number of benzene rings is 1. The molecule has 84 valence electrons. The summed E-state index contributed by atoms with van der Waals surface area (Å²) in [7, 11) is 0. The third-order valence-corrected chi connectivity index (χ3v) is 2.71.